The molecule has 0 unspecified atom stereocenters. The van der Waals surface area contributed by atoms with Crippen LogP contribution in [0.4, 0.5) is 0 Å². The fraction of sp³-hybridized carbons (Fsp3) is 0.130. The third-order valence-corrected chi connectivity index (χ3v) is 18.1. The summed E-state index contributed by atoms with van der Waals surface area (Å²) in [5, 5.41) is 0. The first-order chi connectivity index (χ1) is 22.9. The van der Waals surface area contributed by atoms with Gasteiger partial charge in [0.25, 0.3) is 0 Å². The molecule has 0 spiro atoms. The van der Waals surface area contributed by atoms with E-state index in [9.17, 15) is 0 Å². The molecule has 0 atom stereocenters. The summed E-state index contributed by atoms with van der Waals surface area (Å²) in [5.74, 6) is 5.28. The van der Waals surface area contributed by atoms with Gasteiger partial charge in [0.15, 0.2) is 0 Å². The van der Waals surface area contributed by atoms with Gasteiger partial charge in [-0.2, -0.15) is 0 Å². The van der Waals surface area contributed by atoms with Crippen LogP contribution in [0, 0.1) is 0 Å². The Morgan fingerprint density at radius 2 is 0.702 bits per heavy atom. The monoisotopic (exact) mass is 666 g/mol. The van der Waals surface area contributed by atoms with Crippen molar-refractivity contribution in [2.24, 2.45) is 0 Å². The third kappa shape index (κ3) is 4.98. The first-order valence-electron chi connectivity index (χ1n) is 16.9. The zero-order chi connectivity index (χ0) is 32.1. The van der Waals surface area contributed by atoms with E-state index >= 15 is 0 Å². The van der Waals surface area contributed by atoms with E-state index < -0.39 is 13.3 Å². The van der Waals surface area contributed by atoms with Crippen LogP contribution >= 0.6 is 0 Å². The summed E-state index contributed by atoms with van der Waals surface area (Å²) in [5.41, 5.74) is 19.8. The van der Waals surface area contributed by atoms with E-state index in [1.807, 2.05) is 0 Å². The zero-order valence-electron chi connectivity index (χ0n) is 27.8. The van der Waals surface area contributed by atoms with E-state index in [4.69, 9.17) is 0 Å². The standard InChI is InChI=1S/C46H40Ge/c1-31-29-39-41(27-25-37(33-17-9-5-10-18-33)45(39)43(31)35-21-13-7-14-22-35)47(3,4)42-28-26-38(34-19-11-6-12-20-34)46-40(42)30-32(2)44(46)36-23-15-8-16-24-36/h5-28H,29-30H2,1-4H3. The van der Waals surface area contributed by atoms with Gasteiger partial charge in [0, 0.05) is 0 Å². The molecule has 0 saturated carbocycles. The molecule has 0 aromatic heterocycles. The van der Waals surface area contributed by atoms with Gasteiger partial charge in [-0.25, -0.2) is 0 Å². The summed E-state index contributed by atoms with van der Waals surface area (Å²) in [7, 11) is 0. The Labute approximate surface area is 282 Å². The molecule has 2 aliphatic carbocycles. The summed E-state index contributed by atoms with van der Waals surface area (Å²) in [6.07, 6.45) is 2.03. The van der Waals surface area contributed by atoms with Crippen LogP contribution in [-0.2, 0) is 12.8 Å². The molecule has 0 saturated heterocycles. The fourth-order valence-electron chi connectivity index (χ4n) is 8.39. The second-order valence-corrected chi connectivity index (χ2v) is 22.9. The van der Waals surface area contributed by atoms with Crippen LogP contribution in [0.25, 0.3) is 33.4 Å². The molecule has 228 valence electrons. The molecule has 0 fully saturated rings. The quantitative estimate of drug-likeness (QED) is 0.155. The van der Waals surface area contributed by atoms with Crippen molar-refractivity contribution in [1.82, 2.24) is 0 Å². The minimum absolute atomic E-state index is 1.01. The third-order valence-electron chi connectivity index (χ3n) is 10.5. The average molecular weight is 665 g/mol. The van der Waals surface area contributed by atoms with Crippen LogP contribution in [0.2, 0.25) is 11.5 Å². The predicted molar refractivity (Wildman–Crippen MR) is 204 cm³/mol. The second-order valence-electron chi connectivity index (χ2n) is 13.8. The van der Waals surface area contributed by atoms with Crippen molar-refractivity contribution in [2.75, 3.05) is 0 Å². The molecule has 0 amide bonds. The predicted octanol–water partition coefficient (Wildman–Crippen LogP) is 10.6. The molecule has 47 heavy (non-hydrogen) atoms. The maximum atomic E-state index is 2.64. The van der Waals surface area contributed by atoms with Gasteiger partial charge in [0.05, 0.1) is 0 Å². The van der Waals surface area contributed by atoms with Crippen LogP contribution in [-0.4, -0.2) is 13.3 Å². The number of benzene rings is 6. The first-order valence-corrected chi connectivity index (χ1v) is 23.2. The molecule has 0 heterocycles. The summed E-state index contributed by atoms with van der Waals surface area (Å²) < 4.78 is 3.23. The van der Waals surface area contributed by atoms with Gasteiger partial charge in [0.1, 0.15) is 0 Å². The zero-order valence-corrected chi connectivity index (χ0v) is 29.9. The molecular formula is C46H40Ge. The Morgan fingerprint density at radius 1 is 0.383 bits per heavy atom. The first kappa shape index (κ1) is 29.7. The Bertz CT molecular complexity index is 2030. The maximum absolute atomic E-state index is 2.88. The topological polar surface area (TPSA) is 0 Å². The number of allylic oxidation sites excluding steroid dienone is 2. The van der Waals surface area contributed by atoms with E-state index in [1.54, 1.807) is 19.9 Å². The van der Waals surface area contributed by atoms with Crippen molar-refractivity contribution in [2.45, 2.75) is 38.2 Å². The van der Waals surface area contributed by atoms with Gasteiger partial charge in [-0.1, -0.05) is 0 Å². The van der Waals surface area contributed by atoms with Crippen molar-refractivity contribution >= 4 is 33.2 Å². The van der Waals surface area contributed by atoms with Gasteiger partial charge in [-0.05, 0) is 0 Å². The van der Waals surface area contributed by atoms with Crippen LogP contribution < -0.4 is 8.79 Å². The van der Waals surface area contributed by atoms with Crippen molar-refractivity contribution in [3.8, 4) is 22.3 Å². The van der Waals surface area contributed by atoms with E-state index in [2.05, 4.69) is 171 Å². The van der Waals surface area contributed by atoms with E-state index in [0.717, 1.165) is 12.8 Å². The number of fused-ring (bicyclic) bond motifs is 2. The summed E-state index contributed by atoms with van der Waals surface area (Å²) >= 11 is -2.88. The van der Waals surface area contributed by atoms with Gasteiger partial charge < -0.3 is 0 Å². The van der Waals surface area contributed by atoms with Gasteiger partial charge in [-0.15, -0.1) is 0 Å². The molecule has 6 aromatic carbocycles. The molecule has 0 bridgehead atoms. The summed E-state index contributed by atoms with van der Waals surface area (Å²) in [6, 6.07) is 54.0. The summed E-state index contributed by atoms with van der Waals surface area (Å²) in [6.45, 7) is 4.71. The molecule has 0 aliphatic heterocycles. The number of hydrogen-bond donors (Lipinski definition) is 0. The SMILES string of the molecule is CC1=C(c2ccccc2)c2c(-c3ccccc3)cc[c]([Ge]([CH3])([CH3])[c]3ccc(-c4ccccc4)c4c3CC(C)=C4c3ccccc3)c2C1. The van der Waals surface area contributed by atoms with Crippen molar-refractivity contribution < 1.29 is 0 Å². The van der Waals surface area contributed by atoms with E-state index in [0.29, 0.717) is 0 Å². The minimum atomic E-state index is -2.88. The molecule has 1 heteroatoms. The van der Waals surface area contributed by atoms with Gasteiger partial charge in [-0.3, -0.25) is 0 Å². The Balaban J connectivity index is 1.35. The van der Waals surface area contributed by atoms with Crippen LogP contribution in [0.15, 0.2) is 157 Å². The molecule has 0 nitrogen and oxygen atoms in total. The Morgan fingerprint density at radius 3 is 1.04 bits per heavy atom. The molecule has 8 rings (SSSR count). The van der Waals surface area contributed by atoms with Crippen molar-refractivity contribution in [1.29, 1.82) is 0 Å². The number of rotatable bonds is 6. The molecule has 2 aliphatic rings. The van der Waals surface area contributed by atoms with E-state index in [1.165, 1.54) is 66.8 Å². The van der Waals surface area contributed by atoms with Crippen LogP contribution in [0.1, 0.15) is 47.2 Å². The van der Waals surface area contributed by atoms with Crippen molar-refractivity contribution in [3.63, 3.8) is 0 Å². The van der Waals surface area contributed by atoms with E-state index in [-0.39, 0.29) is 0 Å². The molecule has 6 aromatic rings. The van der Waals surface area contributed by atoms with Crippen LogP contribution in [0.5, 0.6) is 0 Å². The number of hydrogen-bond acceptors (Lipinski definition) is 0. The normalized spacial score (nSPS) is 14.0. The summed E-state index contributed by atoms with van der Waals surface area (Å²) in [4.78, 5) is 0. The molecular weight excluding hydrogens is 625 g/mol. The average Bonchev–Trinajstić information content (AvgIpc) is 3.64. The van der Waals surface area contributed by atoms with Crippen LogP contribution in [0.3, 0.4) is 0 Å². The Kier molecular flexibility index (Phi) is 7.50. The van der Waals surface area contributed by atoms with Gasteiger partial charge >= 0.3 is 284 Å². The second kappa shape index (κ2) is 11.9. The van der Waals surface area contributed by atoms with Crippen molar-refractivity contribution in [3.05, 3.63) is 190 Å². The fourth-order valence-corrected chi connectivity index (χ4v) is 15.2. The Hall–Kier alpha value is -4.66. The molecule has 0 N–H and O–H groups in total. The van der Waals surface area contributed by atoms with Gasteiger partial charge in [0.2, 0.25) is 0 Å². The molecule has 0 radical (unpaired) electrons.